The lowest BCUT2D eigenvalue weighted by molar-refractivity contribution is 0.221. The topological polar surface area (TPSA) is 52.7 Å². The van der Waals surface area contributed by atoms with Gasteiger partial charge in [0.25, 0.3) is 10.2 Å². The summed E-state index contributed by atoms with van der Waals surface area (Å²) in [7, 11) is -1.57. The molecule has 1 heterocycles. The Kier molecular flexibility index (Phi) is 5.45. The number of nitrogens with one attached hydrogen (secondary N) is 1. The van der Waals surface area contributed by atoms with E-state index in [-0.39, 0.29) is 12.1 Å². The second kappa shape index (κ2) is 6.73. The van der Waals surface area contributed by atoms with E-state index < -0.39 is 10.2 Å². The van der Waals surface area contributed by atoms with Crippen LogP contribution in [-0.2, 0) is 10.2 Å². The third-order valence-electron chi connectivity index (χ3n) is 4.74. The van der Waals surface area contributed by atoms with Crippen LogP contribution in [0.4, 0.5) is 0 Å². The molecule has 1 N–H and O–H groups in total. The van der Waals surface area contributed by atoms with Gasteiger partial charge in [0.2, 0.25) is 0 Å². The average Bonchev–Trinajstić information content (AvgIpc) is 3.28. The second-order valence-corrected chi connectivity index (χ2v) is 8.11. The van der Waals surface area contributed by atoms with E-state index in [9.17, 15) is 8.42 Å². The fraction of sp³-hybridized carbons (Fsp3) is 1.00. The predicted molar refractivity (Wildman–Crippen MR) is 81.8 cm³/mol. The van der Waals surface area contributed by atoms with Gasteiger partial charge in [-0.3, -0.25) is 0 Å². The summed E-state index contributed by atoms with van der Waals surface area (Å²) < 4.78 is 29.1. The van der Waals surface area contributed by atoms with Crippen molar-refractivity contribution >= 4 is 10.2 Å². The Labute approximate surface area is 123 Å². The molecular weight excluding hydrogens is 274 g/mol. The highest BCUT2D eigenvalue weighted by Crippen LogP contribution is 2.36. The van der Waals surface area contributed by atoms with Crippen molar-refractivity contribution in [2.45, 2.75) is 58.0 Å². The Hall–Kier alpha value is -0.170. The molecule has 1 saturated carbocycles. The van der Waals surface area contributed by atoms with Crippen LogP contribution in [0, 0.1) is 5.92 Å². The van der Waals surface area contributed by atoms with Crippen molar-refractivity contribution in [2.24, 2.45) is 5.92 Å². The van der Waals surface area contributed by atoms with Gasteiger partial charge in [0.05, 0.1) is 0 Å². The molecule has 0 bridgehead atoms. The first-order chi connectivity index (χ1) is 9.48. The van der Waals surface area contributed by atoms with Crippen molar-refractivity contribution in [1.82, 2.24) is 13.9 Å². The zero-order valence-electron chi connectivity index (χ0n) is 13.0. The minimum absolute atomic E-state index is 0.113. The summed E-state index contributed by atoms with van der Waals surface area (Å²) in [5, 5.41) is 3.30. The molecule has 118 valence electrons. The molecule has 0 spiro atoms. The summed E-state index contributed by atoms with van der Waals surface area (Å²) in [6, 6.07) is 0.240. The van der Waals surface area contributed by atoms with Crippen LogP contribution in [0.5, 0.6) is 0 Å². The van der Waals surface area contributed by atoms with Gasteiger partial charge in [0.15, 0.2) is 0 Å². The quantitative estimate of drug-likeness (QED) is 0.774. The third kappa shape index (κ3) is 3.53. The number of hydrogen-bond donors (Lipinski definition) is 1. The maximum Gasteiger partial charge on any atom is 0.282 e. The van der Waals surface area contributed by atoms with Gasteiger partial charge in [-0.1, -0.05) is 13.3 Å². The van der Waals surface area contributed by atoms with Crippen molar-refractivity contribution in [3.05, 3.63) is 0 Å². The molecule has 0 aromatic rings. The molecular formula is C14H29N3O2S. The third-order valence-corrected chi connectivity index (χ3v) is 6.87. The molecule has 5 nitrogen and oxygen atoms in total. The van der Waals surface area contributed by atoms with Gasteiger partial charge >= 0.3 is 0 Å². The van der Waals surface area contributed by atoms with Crippen LogP contribution in [0.15, 0.2) is 0 Å². The first-order valence-electron chi connectivity index (χ1n) is 7.94. The Balaban J connectivity index is 2.07. The van der Waals surface area contributed by atoms with E-state index in [1.807, 2.05) is 6.92 Å². The largest absolute Gasteiger partial charge is 0.315 e. The van der Waals surface area contributed by atoms with Crippen LogP contribution in [-0.4, -0.2) is 55.8 Å². The van der Waals surface area contributed by atoms with E-state index >= 15 is 0 Å². The normalized spacial score (nSPS) is 26.9. The van der Waals surface area contributed by atoms with E-state index in [0.29, 0.717) is 12.5 Å². The number of rotatable bonds is 7. The van der Waals surface area contributed by atoms with Gasteiger partial charge in [-0.25, -0.2) is 0 Å². The molecule has 2 fully saturated rings. The number of hydrogen-bond acceptors (Lipinski definition) is 3. The standard InChI is InChI=1S/C14H29N3O2S/c1-4-15-11-14-7-5-6-10-17(14)20(18,19)16(3)12(2)13-8-9-13/h12-15H,4-11H2,1-3H3. The van der Waals surface area contributed by atoms with Crippen LogP contribution >= 0.6 is 0 Å². The monoisotopic (exact) mass is 303 g/mol. The smallest absolute Gasteiger partial charge is 0.282 e. The van der Waals surface area contributed by atoms with Crippen molar-refractivity contribution in [1.29, 1.82) is 0 Å². The molecule has 6 heteroatoms. The van der Waals surface area contributed by atoms with Crippen molar-refractivity contribution in [2.75, 3.05) is 26.7 Å². The summed E-state index contributed by atoms with van der Waals surface area (Å²) in [6.45, 7) is 6.42. The molecule has 0 aromatic heterocycles. The summed E-state index contributed by atoms with van der Waals surface area (Å²) in [6.07, 6.45) is 5.42. The van der Waals surface area contributed by atoms with E-state index in [1.165, 1.54) is 12.8 Å². The van der Waals surface area contributed by atoms with Crippen LogP contribution < -0.4 is 5.32 Å². The maximum absolute atomic E-state index is 12.9. The van der Waals surface area contributed by atoms with Crippen molar-refractivity contribution < 1.29 is 8.42 Å². The van der Waals surface area contributed by atoms with Crippen LogP contribution in [0.2, 0.25) is 0 Å². The highest BCUT2D eigenvalue weighted by molar-refractivity contribution is 7.86. The number of nitrogens with zero attached hydrogens (tertiary/aromatic N) is 2. The molecule has 2 rings (SSSR count). The highest BCUT2D eigenvalue weighted by Gasteiger charge is 2.40. The first-order valence-corrected chi connectivity index (χ1v) is 9.33. The van der Waals surface area contributed by atoms with Crippen LogP contribution in [0.3, 0.4) is 0 Å². The van der Waals surface area contributed by atoms with Gasteiger partial charge in [-0.05, 0) is 45.1 Å². The van der Waals surface area contributed by atoms with Gasteiger partial charge in [-0.2, -0.15) is 17.0 Å². The lowest BCUT2D eigenvalue weighted by Gasteiger charge is -2.38. The second-order valence-electron chi connectivity index (χ2n) is 6.17. The summed E-state index contributed by atoms with van der Waals surface area (Å²) in [5.74, 6) is 0.562. The Morgan fingerprint density at radius 2 is 2.00 bits per heavy atom. The molecule has 1 saturated heterocycles. The summed E-state index contributed by atoms with van der Waals surface area (Å²) in [5.41, 5.74) is 0. The predicted octanol–water partition coefficient (Wildman–Crippen LogP) is 1.43. The van der Waals surface area contributed by atoms with Gasteiger partial charge in [0.1, 0.15) is 0 Å². The molecule has 1 aliphatic heterocycles. The molecule has 0 radical (unpaired) electrons. The maximum atomic E-state index is 12.9. The summed E-state index contributed by atoms with van der Waals surface area (Å²) in [4.78, 5) is 0. The minimum atomic E-state index is -3.32. The first kappa shape index (κ1) is 16.2. The van der Waals surface area contributed by atoms with Gasteiger partial charge < -0.3 is 5.32 Å². The highest BCUT2D eigenvalue weighted by atomic mass is 32.2. The summed E-state index contributed by atoms with van der Waals surface area (Å²) >= 11 is 0. The van der Waals surface area contributed by atoms with E-state index in [0.717, 1.165) is 32.4 Å². The zero-order chi connectivity index (χ0) is 14.8. The zero-order valence-corrected chi connectivity index (χ0v) is 13.8. The van der Waals surface area contributed by atoms with Gasteiger partial charge in [0, 0.05) is 32.2 Å². The van der Waals surface area contributed by atoms with Crippen molar-refractivity contribution in [3.8, 4) is 0 Å². The molecule has 2 aliphatic rings. The fourth-order valence-corrected chi connectivity index (χ4v) is 4.88. The van der Waals surface area contributed by atoms with E-state index in [4.69, 9.17) is 0 Å². The van der Waals surface area contributed by atoms with E-state index in [1.54, 1.807) is 15.7 Å². The lowest BCUT2D eigenvalue weighted by atomic mass is 10.1. The Morgan fingerprint density at radius 1 is 1.30 bits per heavy atom. The molecule has 0 amide bonds. The van der Waals surface area contributed by atoms with Crippen molar-refractivity contribution in [3.63, 3.8) is 0 Å². The average molecular weight is 303 g/mol. The lowest BCUT2D eigenvalue weighted by Crippen LogP contribution is -2.54. The Morgan fingerprint density at radius 3 is 2.60 bits per heavy atom. The molecule has 0 aromatic carbocycles. The Bertz CT molecular complexity index is 409. The van der Waals surface area contributed by atoms with Crippen LogP contribution in [0.1, 0.15) is 46.0 Å². The number of piperidine rings is 1. The SMILES string of the molecule is CCNCC1CCCCN1S(=O)(=O)N(C)C(C)C1CC1. The minimum Gasteiger partial charge on any atom is -0.315 e. The van der Waals surface area contributed by atoms with E-state index in [2.05, 4.69) is 12.2 Å². The molecule has 1 aliphatic carbocycles. The molecule has 20 heavy (non-hydrogen) atoms. The fourth-order valence-electron chi connectivity index (χ4n) is 3.04. The molecule has 2 atom stereocenters. The number of likely N-dealkylation sites (N-methyl/N-ethyl adjacent to an activating group) is 1. The molecule has 2 unspecified atom stereocenters. The van der Waals surface area contributed by atoms with Gasteiger partial charge in [-0.15, -0.1) is 0 Å². The van der Waals surface area contributed by atoms with Crippen LogP contribution in [0.25, 0.3) is 0 Å².